The molecule has 0 radical (unpaired) electrons. The van der Waals surface area contributed by atoms with Crippen molar-refractivity contribution in [3.63, 3.8) is 0 Å². The van der Waals surface area contributed by atoms with Crippen molar-refractivity contribution in [3.05, 3.63) is 23.3 Å². The van der Waals surface area contributed by atoms with E-state index in [4.69, 9.17) is 19.9 Å². The number of nitrogens with two attached hydrogens (primary N) is 1. The summed E-state index contributed by atoms with van der Waals surface area (Å²) in [7, 11) is 3.66. The Kier molecular flexibility index (Phi) is 3.49. The van der Waals surface area contributed by atoms with E-state index in [0.717, 1.165) is 30.3 Å². The second-order valence-electron chi connectivity index (χ2n) is 11.0. The molecule has 2 aliphatic heterocycles. The van der Waals surface area contributed by atoms with E-state index in [-0.39, 0.29) is 22.5 Å². The topological polar surface area (TPSA) is 57.0 Å². The van der Waals surface area contributed by atoms with Gasteiger partial charge in [-0.15, -0.1) is 0 Å². The molecule has 0 unspecified atom stereocenters. The summed E-state index contributed by atoms with van der Waals surface area (Å²) in [6, 6.07) is 5.06. The van der Waals surface area contributed by atoms with E-state index < -0.39 is 0 Å². The molecule has 6 atom stereocenters. The molecule has 5 aliphatic carbocycles. The largest absolute Gasteiger partial charge is 0.493 e. The van der Waals surface area contributed by atoms with Crippen molar-refractivity contribution in [2.45, 2.75) is 68.1 Å². The van der Waals surface area contributed by atoms with Crippen LogP contribution in [0.15, 0.2) is 12.1 Å². The Morgan fingerprint density at radius 3 is 2.80 bits per heavy atom. The second-order valence-corrected chi connectivity index (χ2v) is 11.0. The third kappa shape index (κ3) is 1.81. The maximum absolute atomic E-state index is 6.96. The van der Waals surface area contributed by atoms with Crippen molar-refractivity contribution in [2.75, 3.05) is 33.9 Å². The van der Waals surface area contributed by atoms with Crippen LogP contribution in [0, 0.1) is 17.3 Å². The van der Waals surface area contributed by atoms with Crippen LogP contribution in [0.2, 0.25) is 0 Å². The first-order valence-corrected chi connectivity index (χ1v) is 12.0. The third-order valence-corrected chi connectivity index (χ3v) is 10.3. The van der Waals surface area contributed by atoms with Crippen LogP contribution in [0.5, 0.6) is 11.5 Å². The maximum Gasteiger partial charge on any atom is 0.165 e. The normalized spacial score (nSPS) is 45.2. The maximum atomic E-state index is 6.96. The van der Waals surface area contributed by atoms with Gasteiger partial charge in [0.1, 0.15) is 11.7 Å². The number of likely N-dealkylation sites (tertiary alicyclic amines) is 1. The summed E-state index contributed by atoms with van der Waals surface area (Å²) < 4.78 is 19.2. The molecular formula is C25H34N2O3. The van der Waals surface area contributed by atoms with E-state index in [0.29, 0.717) is 18.5 Å². The molecule has 5 fully saturated rings. The van der Waals surface area contributed by atoms with Crippen LogP contribution in [-0.2, 0) is 16.6 Å². The first-order chi connectivity index (χ1) is 14.6. The number of hydrogen-bond donors (Lipinski definition) is 1. The first kappa shape index (κ1) is 18.3. The van der Waals surface area contributed by atoms with Crippen molar-refractivity contribution in [1.29, 1.82) is 0 Å². The Morgan fingerprint density at radius 2 is 2.07 bits per heavy atom. The summed E-state index contributed by atoms with van der Waals surface area (Å²) in [5.41, 5.74) is 9.41. The summed E-state index contributed by atoms with van der Waals surface area (Å²) in [5, 5.41) is 0. The molecule has 4 bridgehead atoms. The van der Waals surface area contributed by atoms with Crippen LogP contribution < -0.4 is 15.2 Å². The Hall–Kier alpha value is -1.30. The lowest BCUT2D eigenvalue weighted by atomic mass is 9.35. The van der Waals surface area contributed by atoms with Crippen LogP contribution in [0.25, 0.3) is 0 Å². The highest BCUT2D eigenvalue weighted by atomic mass is 16.6. The quantitative estimate of drug-likeness (QED) is 0.809. The number of benzene rings is 1. The summed E-state index contributed by atoms with van der Waals surface area (Å²) in [6.45, 7) is 3.16. The molecule has 2 spiro atoms. The lowest BCUT2D eigenvalue weighted by Gasteiger charge is -2.74. The molecule has 5 nitrogen and oxygen atoms in total. The minimum atomic E-state index is -0.279. The van der Waals surface area contributed by atoms with Gasteiger partial charge in [-0.25, -0.2) is 0 Å². The molecule has 4 saturated carbocycles. The fourth-order valence-electron chi connectivity index (χ4n) is 8.98. The molecule has 1 saturated heterocycles. The molecule has 8 rings (SSSR count). The Balaban J connectivity index is 1.48. The van der Waals surface area contributed by atoms with E-state index >= 15 is 0 Å². The van der Waals surface area contributed by atoms with Gasteiger partial charge in [0, 0.05) is 42.0 Å². The summed E-state index contributed by atoms with van der Waals surface area (Å²) in [4.78, 5) is 2.88. The number of hydrogen-bond acceptors (Lipinski definition) is 5. The van der Waals surface area contributed by atoms with Crippen molar-refractivity contribution < 1.29 is 14.2 Å². The summed E-state index contributed by atoms with van der Waals surface area (Å²) >= 11 is 0. The highest BCUT2D eigenvalue weighted by Crippen LogP contribution is 2.76. The molecule has 1 aromatic carbocycles. The lowest BCUT2D eigenvalue weighted by Crippen LogP contribution is -2.81. The van der Waals surface area contributed by atoms with Crippen LogP contribution >= 0.6 is 0 Å². The molecule has 5 heteroatoms. The highest BCUT2D eigenvalue weighted by molar-refractivity contribution is 5.63. The predicted molar refractivity (Wildman–Crippen MR) is 114 cm³/mol. The molecule has 30 heavy (non-hydrogen) atoms. The van der Waals surface area contributed by atoms with Crippen LogP contribution in [0.4, 0.5) is 0 Å². The Labute approximate surface area is 179 Å². The third-order valence-electron chi connectivity index (χ3n) is 10.3. The number of fused-ring (bicyclic) bond motifs is 2. The number of nitrogens with zero attached hydrogens (tertiary/aromatic N) is 1. The van der Waals surface area contributed by atoms with Gasteiger partial charge in [-0.05, 0) is 75.6 Å². The molecule has 7 aliphatic rings. The SMILES string of the molecule is COc1ccc2c3c1O[C@H]1[C@@]4(OC)CC[C@@]5(C[C@@H]4CN)[C@@H](C2)N(CC2CC2)CC[C@]315. The van der Waals surface area contributed by atoms with Gasteiger partial charge in [-0.2, -0.15) is 0 Å². The molecule has 2 N–H and O–H groups in total. The fraction of sp³-hybridized carbons (Fsp3) is 0.760. The molecular weight excluding hydrogens is 376 g/mol. The van der Waals surface area contributed by atoms with Gasteiger partial charge in [0.25, 0.3) is 0 Å². The zero-order valence-electron chi connectivity index (χ0n) is 18.3. The number of ether oxygens (including phenoxy) is 3. The van der Waals surface area contributed by atoms with Gasteiger partial charge in [0.15, 0.2) is 11.5 Å². The minimum absolute atomic E-state index is 0.0507. The number of methoxy groups -OCH3 is 2. The van der Waals surface area contributed by atoms with Crippen molar-refractivity contribution in [3.8, 4) is 11.5 Å². The van der Waals surface area contributed by atoms with E-state index in [9.17, 15) is 0 Å². The van der Waals surface area contributed by atoms with Gasteiger partial charge < -0.3 is 19.9 Å². The van der Waals surface area contributed by atoms with Crippen LogP contribution in [0.3, 0.4) is 0 Å². The van der Waals surface area contributed by atoms with E-state index in [1.165, 1.54) is 56.3 Å². The van der Waals surface area contributed by atoms with Gasteiger partial charge in [0.05, 0.1) is 7.11 Å². The minimum Gasteiger partial charge on any atom is -0.493 e. The molecule has 2 heterocycles. The predicted octanol–water partition coefficient (Wildman–Crippen LogP) is 2.88. The fourth-order valence-corrected chi connectivity index (χ4v) is 8.98. The highest BCUT2D eigenvalue weighted by Gasteiger charge is 2.80. The van der Waals surface area contributed by atoms with Crippen molar-refractivity contribution in [1.82, 2.24) is 4.90 Å². The van der Waals surface area contributed by atoms with Gasteiger partial charge >= 0.3 is 0 Å². The van der Waals surface area contributed by atoms with E-state index in [2.05, 4.69) is 17.0 Å². The van der Waals surface area contributed by atoms with Gasteiger partial charge in [-0.1, -0.05) is 6.07 Å². The van der Waals surface area contributed by atoms with Crippen LogP contribution in [-0.4, -0.2) is 56.5 Å². The molecule has 0 amide bonds. The first-order valence-electron chi connectivity index (χ1n) is 12.0. The molecule has 162 valence electrons. The Bertz CT molecular complexity index is 916. The van der Waals surface area contributed by atoms with Crippen LogP contribution in [0.1, 0.15) is 49.7 Å². The average molecular weight is 411 g/mol. The zero-order valence-corrected chi connectivity index (χ0v) is 18.3. The van der Waals surface area contributed by atoms with E-state index in [1.807, 2.05) is 7.11 Å². The number of piperidine rings is 1. The summed E-state index contributed by atoms with van der Waals surface area (Å²) in [5.74, 6) is 3.19. The molecule has 1 aromatic rings. The monoisotopic (exact) mass is 410 g/mol. The Morgan fingerprint density at radius 1 is 1.20 bits per heavy atom. The van der Waals surface area contributed by atoms with Crippen molar-refractivity contribution in [2.24, 2.45) is 23.0 Å². The number of rotatable bonds is 5. The zero-order chi connectivity index (χ0) is 20.3. The second kappa shape index (κ2) is 5.73. The average Bonchev–Trinajstić information content (AvgIpc) is 3.52. The standard InChI is InChI=1S/C25H34N2O3/c1-28-18-6-5-16-11-19-23-7-8-25(29-2,17(12-23)13-26)22-24(23,20(16)21(18)30-22)9-10-27(19)14-15-3-4-15/h5-6,15,17,19,22H,3-4,7-14,26H2,1-2H3/t17-,19-,22-,23-,24+,25-/m1/s1. The smallest absolute Gasteiger partial charge is 0.165 e. The summed E-state index contributed by atoms with van der Waals surface area (Å²) in [6.07, 6.45) is 8.70. The molecule has 0 aromatic heterocycles. The van der Waals surface area contributed by atoms with E-state index in [1.54, 1.807) is 7.11 Å². The van der Waals surface area contributed by atoms with Gasteiger partial charge in [-0.3, -0.25) is 4.90 Å². The van der Waals surface area contributed by atoms with Crippen molar-refractivity contribution >= 4 is 0 Å². The van der Waals surface area contributed by atoms with Gasteiger partial charge in [0.2, 0.25) is 0 Å². The lowest BCUT2D eigenvalue weighted by molar-refractivity contribution is -0.275.